The normalized spacial score (nSPS) is 10.9. The third-order valence-corrected chi connectivity index (χ3v) is 3.87. The van der Waals surface area contributed by atoms with E-state index in [2.05, 4.69) is 71.3 Å². The number of nitrogens with zero attached hydrogens (tertiary/aromatic N) is 2. The van der Waals surface area contributed by atoms with E-state index in [-0.39, 0.29) is 0 Å². The first-order chi connectivity index (χ1) is 10.9. The monoisotopic (exact) mass is 284 g/mol. The quantitative estimate of drug-likeness (QED) is 0.538. The fraction of sp³-hybridized carbons (Fsp3) is 0.0500. The molecule has 22 heavy (non-hydrogen) atoms. The lowest BCUT2D eigenvalue weighted by Crippen LogP contribution is -1.96. The van der Waals surface area contributed by atoms with Crippen molar-refractivity contribution in [1.82, 2.24) is 9.38 Å². The molecule has 0 spiro atoms. The van der Waals surface area contributed by atoms with Crippen LogP contribution in [-0.2, 0) is 6.42 Å². The van der Waals surface area contributed by atoms with E-state index in [1.165, 1.54) is 11.3 Å². The van der Waals surface area contributed by atoms with Gasteiger partial charge in [-0.3, -0.25) is 0 Å². The van der Waals surface area contributed by atoms with E-state index in [1.54, 1.807) is 0 Å². The van der Waals surface area contributed by atoms with Gasteiger partial charge in [-0.2, -0.15) is 0 Å². The minimum absolute atomic E-state index is 0.906. The second-order valence-corrected chi connectivity index (χ2v) is 5.40. The fourth-order valence-corrected chi connectivity index (χ4v) is 2.76. The molecule has 0 saturated heterocycles. The van der Waals surface area contributed by atoms with Gasteiger partial charge in [-0.15, -0.1) is 0 Å². The maximum atomic E-state index is 4.75. The summed E-state index contributed by atoms with van der Waals surface area (Å²) in [7, 11) is 0. The number of hydrogen-bond donors (Lipinski definition) is 0. The molecule has 0 bridgehead atoms. The molecule has 0 saturated carbocycles. The van der Waals surface area contributed by atoms with Crippen LogP contribution in [0.1, 0.15) is 11.3 Å². The molecular weight excluding hydrogens is 268 g/mol. The Labute approximate surface area is 129 Å². The van der Waals surface area contributed by atoms with Crippen molar-refractivity contribution in [2.75, 3.05) is 0 Å². The Morgan fingerprint density at radius 3 is 2.23 bits per heavy atom. The van der Waals surface area contributed by atoms with Crippen molar-refractivity contribution in [1.29, 1.82) is 0 Å². The third kappa shape index (κ3) is 2.40. The molecule has 0 aliphatic carbocycles. The van der Waals surface area contributed by atoms with Gasteiger partial charge in [-0.1, -0.05) is 66.7 Å². The van der Waals surface area contributed by atoms with Crippen LogP contribution in [0.4, 0.5) is 0 Å². The summed E-state index contributed by atoms with van der Waals surface area (Å²) in [4.78, 5) is 4.75. The summed E-state index contributed by atoms with van der Waals surface area (Å²) < 4.78 is 2.19. The molecule has 0 aliphatic heterocycles. The van der Waals surface area contributed by atoms with Crippen molar-refractivity contribution in [3.63, 3.8) is 0 Å². The van der Waals surface area contributed by atoms with Gasteiger partial charge in [0.15, 0.2) is 0 Å². The van der Waals surface area contributed by atoms with Crippen molar-refractivity contribution in [2.45, 2.75) is 6.42 Å². The smallest absolute Gasteiger partial charge is 0.137 e. The Morgan fingerprint density at radius 1 is 0.727 bits per heavy atom. The summed E-state index contributed by atoms with van der Waals surface area (Å²) in [5, 5.41) is 0. The van der Waals surface area contributed by atoms with Gasteiger partial charge in [0.2, 0.25) is 0 Å². The molecule has 2 aromatic heterocycles. The van der Waals surface area contributed by atoms with Gasteiger partial charge in [0.1, 0.15) is 5.65 Å². The summed E-state index contributed by atoms with van der Waals surface area (Å²) in [6.45, 7) is 0. The van der Waals surface area contributed by atoms with Crippen LogP contribution in [0.3, 0.4) is 0 Å². The Morgan fingerprint density at radius 2 is 1.45 bits per heavy atom. The highest BCUT2D eigenvalue weighted by Crippen LogP contribution is 2.20. The van der Waals surface area contributed by atoms with Crippen LogP contribution in [0.5, 0.6) is 0 Å². The highest BCUT2D eigenvalue weighted by molar-refractivity contribution is 5.62. The van der Waals surface area contributed by atoms with Crippen molar-refractivity contribution in [3.05, 3.63) is 96.3 Å². The van der Waals surface area contributed by atoms with E-state index in [9.17, 15) is 0 Å². The topological polar surface area (TPSA) is 17.3 Å². The van der Waals surface area contributed by atoms with Crippen LogP contribution in [0.15, 0.2) is 85.1 Å². The summed E-state index contributed by atoms with van der Waals surface area (Å²) >= 11 is 0. The fourth-order valence-electron chi connectivity index (χ4n) is 2.76. The van der Waals surface area contributed by atoms with Gasteiger partial charge in [0.05, 0.1) is 5.69 Å². The Balaban J connectivity index is 1.78. The van der Waals surface area contributed by atoms with Crippen molar-refractivity contribution in [3.8, 4) is 11.3 Å². The molecule has 2 heteroatoms. The van der Waals surface area contributed by atoms with Crippen molar-refractivity contribution >= 4 is 5.65 Å². The number of imidazole rings is 1. The molecule has 0 aliphatic rings. The maximum Gasteiger partial charge on any atom is 0.137 e. The maximum absolute atomic E-state index is 4.75. The number of benzene rings is 2. The first-order valence-electron chi connectivity index (χ1n) is 7.46. The van der Waals surface area contributed by atoms with Gasteiger partial charge in [0, 0.05) is 23.9 Å². The summed E-state index contributed by atoms with van der Waals surface area (Å²) in [5.41, 5.74) is 5.72. The first kappa shape index (κ1) is 12.8. The van der Waals surface area contributed by atoms with E-state index >= 15 is 0 Å². The number of fused-ring (bicyclic) bond motifs is 1. The lowest BCUT2D eigenvalue weighted by Gasteiger charge is -2.05. The molecule has 0 N–H and O–H groups in total. The summed E-state index contributed by atoms with van der Waals surface area (Å²) in [5.74, 6) is 0. The van der Waals surface area contributed by atoms with Gasteiger partial charge in [-0.25, -0.2) is 4.98 Å². The minimum Gasteiger partial charge on any atom is -0.303 e. The molecule has 4 rings (SSSR count). The predicted molar refractivity (Wildman–Crippen MR) is 89.9 cm³/mol. The molecule has 4 aromatic rings. The molecule has 106 valence electrons. The highest BCUT2D eigenvalue weighted by atomic mass is 15.0. The second kappa shape index (κ2) is 5.49. The van der Waals surface area contributed by atoms with E-state index in [0.29, 0.717) is 0 Å². The number of aromatic nitrogens is 2. The Bertz CT molecular complexity index is 893. The second-order valence-electron chi connectivity index (χ2n) is 5.40. The highest BCUT2D eigenvalue weighted by Gasteiger charge is 2.07. The number of hydrogen-bond acceptors (Lipinski definition) is 1. The molecule has 0 atom stereocenters. The van der Waals surface area contributed by atoms with Crippen LogP contribution in [-0.4, -0.2) is 9.38 Å². The van der Waals surface area contributed by atoms with Crippen LogP contribution in [0, 0.1) is 0 Å². The average Bonchev–Trinajstić information content (AvgIpc) is 3.02. The van der Waals surface area contributed by atoms with Gasteiger partial charge < -0.3 is 4.40 Å². The van der Waals surface area contributed by atoms with E-state index in [4.69, 9.17) is 4.98 Å². The lowest BCUT2D eigenvalue weighted by molar-refractivity contribution is 1.01. The summed E-state index contributed by atoms with van der Waals surface area (Å²) in [6.07, 6.45) is 3.03. The molecule has 0 unspecified atom stereocenters. The van der Waals surface area contributed by atoms with E-state index < -0.39 is 0 Å². The molecule has 2 heterocycles. The predicted octanol–water partition coefficient (Wildman–Crippen LogP) is 4.59. The molecule has 2 nitrogen and oxygen atoms in total. The van der Waals surface area contributed by atoms with Crippen LogP contribution in [0.25, 0.3) is 16.9 Å². The van der Waals surface area contributed by atoms with Crippen LogP contribution >= 0.6 is 0 Å². The molecular formula is C20H16N2. The minimum atomic E-state index is 0.906. The molecule has 0 amide bonds. The zero-order valence-corrected chi connectivity index (χ0v) is 12.2. The SMILES string of the molecule is c1ccc(Cc2cccc3nc(-c4ccccc4)cn23)cc1. The van der Waals surface area contributed by atoms with Crippen LogP contribution in [0.2, 0.25) is 0 Å². The Kier molecular flexibility index (Phi) is 3.20. The van der Waals surface area contributed by atoms with E-state index in [0.717, 1.165) is 23.3 Å². The van der Waals surface area contributed by atoms with Gasteiger partial charge in [-0.05, 0) is 17.7 Å². The van der Waals surface area contributed by atoms with E-state index in [1.807, 2.05) is 18.2 Å². The zero-order chi connectivity index (χ0) is 14.8. The van der Waals surface area contributed by atoms with Gasteiger partial charge >= 0.3 is 0 Å². The van der Waals surface area contributed by atoms with Crippen molar-refractivity contribution < 1.29 is 0 Å². The Hall–Kier alpha value is -2.87. The largest absolute Gasteiger partial charge is 0.303 e. The third-order valence-electron chi connectivity index (χ3n) is 3.87. The molecule has 0 fully saturated rings. The lowest BCUT2D eigenvalue weighted by atomic mass is 10.1. The first-order valence-corrected chi connectivity index (χ1v) is 7.46. The standard InChI is InChI=1S/C20H16N2/c1-3-8-16(9-4-1)14-18-12-7-13-20-21-19(15-22(18)20)17-10-5-2-6-11-17/h1-13,15H,14H2. The number of rotatable bonds is 3. The zero-order valence-electron chi connectivity index (χ0n) is 12.2. The van der Waals surface area contributed by atoms with Crippen molar-refractivity contribution in [2.24, 2.45) is 0 Å². The average molecular weight is 284 g/mol. The van der Waals surface area contributed by atoms with Crippen LogP contribution < -0.4 is 0 Å². The number of pyridine rings is 1. The molecule has 0 radical (unpaired) electrons. The summed E-state index contributed by atoms with van der Waals surface area (Å²) in [6, 6.07) is 27.1. The molecule has 2 aromatic carbocycles. The van der Waals surface area contributed by atoms with Gasteiger partial charge in [0.25, 0.3) is 0 Å².